The van der Waals surface area contributed by atoms with Crippen LogP contribution in [0.2, 0.25) is 5.02 Å². The van der Waals surface area contributed by atoms with Crippen molar-refractivity contribution in [3.05, 3.63) is 28.8 Å². The number of carbonyl (C=O) groups is 2. The first-order chi connectivity index (χ1) is 12.8. The molecule has 3 fully saturated rings. The van der Waals surface area contributed by atoms with Crippen molar-refractivity contribution in [2.45, 2.75) is 44.5 Å². The van der Waals surface area contributed by atoms with Crippen molar-refractivity contribution in [3.8, 4) is 5.75 Å². The number of halogens is 1. The minimum Gasteiger partial charge on any atom is -0.508 e. The van der Waals surface area contributed by atoms with E-state index in [0.29, 0.717) is 23.4 Å². The number of nitrogens with zero attached hydrogens (tertiary/aromatic N) is 1. The normalized spacial score (nSPS) is 38.2. The zero-order chi connectivity index (χ0) is 19.5. The number of fused-ring (bicyclic) bond motifs is 3. The standard InChI is InChI=1S/C20H24ClNO5/c1-3-4-10-7-13-17(19(25)22(2)18(13)24)14-9-16(27-20(10,14)26)12-6-5-11(23)8-15(12)21/h5-6,8,10,13-14,16-17,23,26H,3-4,7,9H2,1-2H3/t10-,13-,14-,16-,17-,20+/m0/s1. The summed E-state index contributed by atoms with van der Waals surface area (Å²) in [6.45, 7) is 2.03. The number of phenols is 1. The molecule has 2 heterocycles. The van der Waals surface area contributed by atoms with Crippen LogP contribution in [0, 0.1) is 23.7 Å². The van der Waals surface area contributed by atoms with Gasteiger partial charge in [-0.05, 0) is 37.0 Å². The highest BCUT2D eigenvalue weighted by atomic mass is 35.5. The highest BCUT2D eigenvalue weighted by Gasteiger charge is 2.66. The molecule has 6 nitrogen and oxygen atoms in total. The summed E-state index contributed by atoms with van der Waals surface area (Å²) in [6.07, 6.45) is 1.95. The highest BCUT2D eigenvalue weighted by molar-refractivity contribution is 6.31. The maximum Gasteiger partial charge on any atom is 0.233 e. The molecule has 3 aliphatic rings. The molecule has 0 bridgehead atoms. The number of benzene rings is 1. The fourth-order valence-electron chi connectivity index (χ4n) is 5.29. The molecular weight excluding hydrogens is 370 g/mol. The average molecular weight is 394 g/mol. The van der Waals surface area contributed by atoms with Gasteiger partial charge in [0.2, 0.25) is 11.8 Å². The van der Waals surface area contributed by atoms with Gasteiger partial charge in [0.05, 0.1) is 23.0 Å². The molecule has 1 saturated carbocycles. The van der Waals surface area contributed by atoms with Gasteiger partial charge in [0.15, 0.2) is 5.79 Å². The molecule has 6 atom stereocenters. The molecule has 27 heavy (non-hydrogen) atoms. The highest BCUT2D eigenvalue weighted by Crippen LogP contribution is 2.59. The summed E-state index contributed by atoms with van der Waals surface area (Å²) in [5.41, 5.74) is 0.675. The molecule has 146 valence electrons. The third-order valence-electron chi connectivity index (χ3n) is 6.55. The van der Waals surface area contributed by atoms with Gasteiger partial charge in [0, 0.05) is 18.9 Å². The van der Waals surface area contributed by atoms with Gasteiger partial charge in [-0.15, -0.1) is 0 Å². The first-order valence-electron chi connectivity index (χ1n) is 9.48. The summed E-state index contributed by atoms with van der Waals surface area (Å²) < 4.78 is 6.16. The van der Waals surface area contributed by atoms with Crippen molar-refractivity contribution in [1.29, 1.82) is 0 Å². The molecule has 7 heteroatoms. The van der Waals surface area contributed by atoms with E-state index in [4.69, 9.17) is 16.3 Å². The number of rotatable bonds is 3. The number of amides is 2. The Labute approximate surface area is 163 Å². The first-order valence-corrected chi connectivity index (χ1v) is 9.85. The largest absolute Gasteiger partial charge is 0.508 e. The first kappa shape index (κ1) is 18.7. The van der Waals surface area contributed by atoms with Crippen LogP contribution in [0.4, 0.5) is 0 Å². The van der Waals surface area contributed by atoms with Gasteiger partial charge in [-0.3, -0.25) is 14.5 Å². The fourth-order valence-corrected chi connectivity index (χ4v) is 5.58. The van der Waals surface area contributed by atoms with Crippen LogP contribution < -0.4 is 0 Å². The Kier molecular flexibility index (Phi) is 4.48. The monoisotopic (exact) mass is 393 g/mol. The second kappa shape index (κ2) is 6.47. The fraction of sp³-hybridized carbons (Fsp3) is 0.600. The van der Waals surface area contributed by atoms with Crippen LogP contribution in [-0.2, 0) is 14.3 Å². The lowest BCUT2D eigenvalue weighted by Crippen LogP contribution is -2.53. The van der Waals surface area contributed by atoms with E-state index >= 15 is 0 Å². The number of aromatic hydroxyl groups is 1. The van der Waals surface area contributed by atoms with E-state index in [9.17, 15) is 19.8 Å². The second-order valence-electron chi connectivity index (χ2n) is 8.00. The number of hydrogen-bond donors (Lipinski definition) is 2. The van der Waals surface area contributed by atoms with Crippen LogP contribution in [0.25, 0.3) is 0 Å². The quantitative estimate of drug-likeness (QED) is 0.771. The van der Waals surface area contributed by atoms with E-state index < -0.39 is 23.7 Å². The number of carbonyl (C=O) groups excluding carboxylic acids is 2. The SMILES string of the molecule is CCC[C@H]1C[C@@H]2C(=O)N(C)C(=O)[C@@H]2[C@@H]2C[C@@H](c3ccc(O)cc3Cl)O[C@]12O. The zero-order valence-electron chi connectivity index (χ0n) is 15.4. The van der Waals surface area contributed by atoms with Gasteiger partial charge in [-0.1, -0.05) is 31.0 Å². The molecule has 2 amide bonds. The lowest BCUT2D eigenvalue weighted by Gasteiger charge is -2.44. The molecule has 1 aromatic rings. The lowest BCUT2D eigenvalue weighted by atomic mass is 9.63. The van der Waals surface area contributed by atoms with Gasteiger partial charge >= 0.3 is 0 Å². The molecule has 0 spiro atoms. The van der Waals surface area contributed by atoms with Crippen molar-refractivity contribution in [2.75, 3.05) is 7.05 Å². The summed E-state index contributed by atoms with van der Waals surface area (Å²) >= 11 is 6.29. The number of imide groups is 1. The van der Waals surface area contributed by atoms with Crippen LogP contribution in [0.5, 0.6) is 5.75 Å². The Morgan fingerprint density at radius 2 is 2.04 bits per heavy atom. The van der Waals surface area contributed by atoms with Crippen LogP contribution in [-0.4, -0.2) is 39.8 Å². The number of phenolic OH excluding ortho intramolecular Hbond substituents is 1. The molecular formula is C20H24ClNO5. The van der Waals surface area contributed by atoms with E-state index in [1.807, 2.05) is 6.92 Å². The molecule has 2 saturated heterocycles. The van der Waals surface area contributed by atoms with Gasteiger partial charge in [0.25, 0.3) is 0 Å². The third-order valence-corrected chi connectivity index (χ3v) is 6.88. The van der Waals surface area contributed by atoms with Gasteiger partial charge in [-0.25, -0.2) is 0 Å². The van der Waals surface area contributed by atoms with E-state index in [2.05, 4.69) is 0 Å². The van der Waals surface area contributed by atoms with E-state index in [-0.39, 0.29) is 29.4 Å². The van der Waals surface area contributed by atoms with Crippen molar-refractivity contribution < 1.29 is 24.5 Å². The van der Waals surface area contributed by atoms with Crippen molar-refractivity contribution >= 4 is 23.4 Å². The molecule has 2 N–H and O–H groups in total. The van der Waals surface area contributed by atoms with Crippen LogP contribution in [0.3, 0.4) is 0 Å². The Bertz CT molecular complexity index is 799. The Morgan fingerprint density at radius 3 is 2.70 bits per heavy atom. The molecule has 4 rings (SSSR count). The number of hydrogen-bond acceptors (Lipinski definition) is 5. The molecule has 1 aliphatic carbocycles. The van der Waals surface area contributed by atoms with Crippen LogP contribution >= 0.6 is 11.6 Å². The zero-order valence-corrected chi connectivity index (χ0v) is 16.1. The maximum atomic E-state index is 12.7. The summed E-state index contributed by atoms with van der Waals surface area (Å²) in [6, 6.07) is 4.65. The minimum absolute atomic E-state index is 0.0555. The third kappa shape index (κ3) is 2.69. The number of likely N-dealkylation sites (tertiary alicyclic amines) is 1. The Hall–Kier alpha value is -1.63. The summed E-state index contributed by atoms with van der Waals surface area (Å²) in [5.74, 6) is -3.39. The molecule has 1 aromatic carbocycles. The topological polar surface area (TPSA) is 87.1 Å². The van der Waals surface area contributed by atoms with E-state index in [0.717, 1.165) is 12.8 Å². The number of aliphatic hydroxyl groups is 1. The van der Waals surface area contributed by atoms with Crippen molar-refractivity contribution in [2.24, 2.45) is 23.7 Å². The second-order valence-corrected chi connectivity index (χ2v) is 8.40. The Balaban J connectivity index is 1.73. The molecule has 0 unspecified atom stereocenters. The van der Waals surface area contributed by atoms with E-state index in [1.54, 1.807) is 6.07 Å². The van der Waals surface area contributed by atoms with Crippen LogP contribution in [0.15, 0.2) is 18.2 Å². The molecule has 0 aromatic heterocycles. The Morgan fingerprint density at radius 1 is 1.30 bits per heavy atom. The summed E-state index contributed by atoms with van der Waals surface area (Å²) in [4.78, 5) is 26.5. The van der Waals surface area contributed by atoms with E-state index in [1.165, 1.54) is 24.1 Å². The van der Waals surface area contributed by atoms with Crippen molar-refractivity contribution in [1.82, 2.24) is 4.90 Å². The van der Waals surface area contributed by atoms with Gasteiger partial charge < -0.3 is 14.9 Å². The molecule has 0 radical (unpaired) electrons. The minimum atomic E-state index is -1.45. The van der Waals surface area contributed by atoms with Gasteiger partial charge in [-0.2, -0.15) is 0 Å². The summed E-state index contributed by atoms with van der Waals surface area (Å²) in [7, 11) is 1.51. The number of ether oxygens (including phenoxy) is 1. The summed E-state index contributed by atoms with van der Waals surface area (Å²) in [5, 5.41) is 21.5. The predicted octanol–water partition coefficient (Wildman–Crippen LogP) is 2.86. The molecule has 2 aliphatic heterocycles. The maximum absolute atomic E-state index is 12.7. The van der Waals surface area contributed by atoms with Crippen LogP contribution in [0.1, 0.15) is 44.3 Å². The smallest absolute Gasteiger partial charge is 0.233 e. The average Bonchev–Trinajstić information content (AvgIpc) is 3.07. The lowest BCUT2D eigenvalue weighted by molar-refractivity contribution is -0.270. The van der Waals surface area contributed by atoms with Gasteiger partial charge in [0.1, 0.15) is 5.75 Å². The predicted molar refractivity (Wildman–Crippen MR) is 97.8 cm³/mol. The van der Waals surface area contributed by atoms with Crippen molar-refractivity contribution in [3.63, 3.8) is 0 Å².